The van der Waals surface area contributed by atoms with Gasteiger partial charge in [0.1, 0.15) is 0 Å². The van der Waals surface area contributed by atoms with Crippen LogP contribution in [0, 0.1) is 0 Å². The predicted octanol–water partition coefficient (Wildman–Crippen LogP) is 3.41. The minimum Gasteiger partial charge on any atom is -0.381 e. The van der Waals surface area contributed by atoms with Gasteiger partial charge in [-0.3, -0.25) is 0 Å². The van der Waals surface area contributed by atoms with Crippen LogP contribution in [0.3, 0.4) is 0 Å². The van der Waals surface area contributed by atoms with Crippen molar-refractivity contribution in [2.45, 2.75) is 45.6 Å². The van der Waals surface area contributed by atoms with Crippen LogP contribution in [0.15, 0.2) is 30.3 Å². The molecule has 0 amide bonds. The molecule has 0 aliphatic carbocycles. The second-order valence-corrected chi connectivity index (χ2v) is 5.73. The molecule has 0 saturated carbocycles. The predicted molar refractivity (Wildman–Crippen MR) is 78.0 cm³/mol. The van der Waals surface area contributed by atoms with E-state index in [9.17, 15) is 0 Å². The van der Waals surface area contributed by atoms with Crippen LogP contribution in [-0.4, -0.2) is 25.3 Å². The van der Waals surface area contributed by atoms with Gasteiger partial charge < -0.3 is 10.1 Å². The highest BCUT2D eigenvalue weighted by Crippen LogP contribution is 2.01. The second kappa shape index (κ2) is 8.28. The van der Waals surface area contributed by atoms with Crippen molar-refractivity contribution >= 4 is 0 Å². The number of ether oxygens (including phenoxy) is 1. The second-order valence-electron chi connectivity index (χ2n) is 5.73. The zero-order chi connectivity index (χ0) is 13.3. The fourth-order valence-corrected chi connectivity index (χ4v) is 1.73. The lowest BCUT2D eigenvalue weighted by molar-refractivity contribution is 0.133. The van der Waals surface area contributed by atoms with E-state index >= 15 is 0 Å². The van der Waals surface area contributed by atoms with Crippen molar-refractivity contribution in [1.29, 1.82) is 0 Å². The van der Waals surface area contributed by atoms with Crippen molar-refractivity contribution in [3.63, 3.8) is 0 Å². The molecule has 2 nitrogen and oxygen atoms in total. The molecule has 0 spiro atoms. The highest BCUT2D eigenvalue weighted by molar-refractivity contribution is 5.14. The summed E-state index contributed by atoms with van der Waals surface area (Å²) in [7, 11) is 0. The monoisotopic (exact) mass is 249 g/mol. The molecule has 0 saturated heterocycles. The van der Waals surface area contributed by atoms with E-state index in [2.05, 4.69) is 50.4 Å². The Kier molecular flexibility index (Phi) is 6.99. The fraction of sp³-hybridized carbons (Fsp3) is 0.625. The van der Waals surface area contributed by atoms with Gasteiger partial charge in [0.2, 0.25) is 0 Å². The van der Waals surface area contributed by atoms with Crippen LogP contribution in [0.5, 0.6) is 0 Å². The molecule has 0 bridgehead atoms. The number of unbranched alkanes of at least 4 members (excludes halogenated alkanes) is 1. The van der Waals surface area contributed by atoms with Crippen LogP contribution < -0.4 is 5.32 Å². The maximum atomic E-state index is 5.64. The largest absolute Gasteiger partial charge is 0.381 e. The van der Waals surface area contributed by atoms with Gasteiger partial charge in [-0.1, -0.05) is 30.3 Å². The Morgan fingerprint density at radius 3 is 2.39 bits per heavy atom. The van der Waals surface area contributed by atoms with Gasteiger partial charge in [0, 0.05) is 12.1 Å². The number of hydrogen-bond donors (Lipinski definition) is 1. The summed E-state index contributed by atoms with van der Waals surface area (Å²) < 4.78 is 5.64. The van der Waals surface area contributed by atoms with E-state index in [1.165, 1.54) is 12.0 Å². The van der Waals surface area contributed by atoms with Crippen molar-refractivity contribution in [3.8, 4) is 0 Å². The number of benzene rings is 1. The van der Waals surface area contributed by atoms with E-state index in [0.717, 1.165) is 32.6 Å². The third-order valence-corrected chi connectivity index (χ3v) is 2.75. The summed E-state index contributed by atoms with van der Waals surface area (Å²) in [5, 5.41) is 3.48. The Labute approximate surface area is 112 Å². The fourth-order valence-electron chi connectivity index (χ4n) is 1.73. The third-order valence-electron chi connectivity index (χ3n) is 2.75. The van der Waals surface area contributed by atoms with Gasteiger partial charge in [-0.25, -0.2) is 0 Å². The van der Waals surface area contributed by atoms with Crippen LogP contribution in [0.2, 0.25) is 0 Å². The van der Waals surface area contributed by atoms with Crippen LogP contribution in [0.4, 0.5) is 0 Å². The van der Waals surface area contributed by atoms with Gasteiger partial charge in [-0.05, 0) is 52.1 Å². The smallest absolute Gasteiger partial charge is 0.0506 e. The van der Waals surface area contributed by atoms with Crippen molar-refractivity contribution in [2.24, 2.45) is 0 Å². The quantitative estimate of drug-likeness (QED) is 0.713. The molecule has 0 radical (unpaired) electrons. The molecular formula is C16H27NO. The first-order valence-corrected chi connectivity index (χ1v) is 6.95. The summed E-state index contributed by atoms with van der Waals surface area (Å²) >= 11 is 0. The van der Waals surface area contributed by atoms with Gasteiger partial charge in [-0.2, -0.15) is 0 Å². The summed E-state index contributed by atoms with van der Waals surface area (Å²) in [4.78, 5) is 0. The molecule has 0 aliphatic heterocycles. The summed E-state index contributed by atoms with van der Waals surface area (Å²) in [6.07, 6.45) is 3.33. The molecule has 1 N–H and O–H groups in total. The molecule has 0 unspecified atom stereocenters. The SMILES string of the molecule is CC(C)(C)NCCCCOCCc1ccccc1. The Morgan fingerprint density at radius 2 is 1.72 bits per heavy atom. The highest BCUT2D eigenvalue weighted by atomic mass is 16.5. The number of hydrogen-bond acceptors (Lipinski definition) is 2. The van der Waals surface area contributed by atoms with Crippen LogP contribution in [0.25, 0.3) is 0 Å². The van der Waals surface area contributed by atoms with Crippen molar-refractivity contribution in [2.75, 3.05) is 19.8 Å². The first-order valence-electron chi connectivity index (χ1n) is 6.95. The Morgan fingerprint density at radius 1 is 1.00 bits per heavy atom. The van der Waals surface area contributed by atoms with E-state index in [0.29, 0.717) is 0 Å². The number of rotatable bonds is 8. The molecule has 1 aromatic rings. The van der Waals surface area contributed by atoms with E-state index < -0.39 is 0 Å². The molecular weight excluding hydrogens is 222 g/mol. The normalized spacial score (nSPS) is 11.7. The molecule has 0 aromatic heterocycles. The molecule has 0 aliphatic rings. The summed E-state index contributed by atoms with van der Waals surface area (Å²) in [5.41, 5.74) is 1.58. The zero-order valence-corrected chi connectivity index (χ0v) is 12.0. The zero-order valence-electron chi connectivity index (χ0n) is 12.0. The lowest BCUT2D eigenvalue weighted by atomic mass is 10.1. The molecule has 0 fully saturated rings. The van der Waals surface area contributed by atoms with Crippen LogP contribution in [0.1, 0.15) is 39.2 Å². The standard InChI is InChI=1S/C16H27NO/c1-16(2,3)17-12-7-8-13-18-14-11-15-9-5-4-6-10-15/h4-6,9-10,17H,7-8,11-14H2,1-3H3. The highest BCUT2D eigenvalue weighted by Gasteiger charge is 2.06. The average molecular weight is 249 g/mol. The Hall–Kier alpha value is -0.860. The van der Waals surface area contributed by atoms with E-state index in [4.69, 9.17) is 4.74 Å². The van der Waals surface area contributed by atoms with Gasteiger partial charge in [-0.15, -0.1) is 0 Å². The first kappa shape index (κ1) is 15.2. The summed E-state index contributed by atoms with van der Waals surface area (Å²) in [5.74, 6) is 0. The lowest BCUT2D eigenvalue weighted by Gasteiger charge is -2.20. The van der Waals surface area contributed by atoms with Gasteiger partial charge in [0.25, 0.3) is 0 Å². The van der Waals surface area contributed by atoms with Crippen LogP contribution >= 0.6 is 0 Å². The molecule has 102 valence electrons. The Balaban J connectivity index is 1.90. The van der Waals surface area contributed by atoms with Crippen molar-refractivity contribution in [3.05, 3.63) is 35.9 Å². The molecule has 2 heteroatoms. The molecule has 1 rings (SSSR count). The minimum atomic E-state index is 0.230. The third kappa shape index (κ3) is 8.26. The van der Waals surface area contributed by atoms with E-state index in [1.807, 2.05) is 6.07 Å². The number of nitrogens with one attached hydrogen (secondary N) is 1. The van der Waals surface area contributed by atoms with Crippen LogP contribution in [-0.2, 0) is 11.2 Å². The topological polar surface area (TPSA) is 21.3 Å². The molecule has 0 heterocycles. The van der Waals surface area contributed by atoms with E-state index in [1.54, 1.807) is 0 Å². The van der Waals surface area contributed by atoms with Gasteiger partial charge in [0.15, 0.2) is 0 Å². The molecule has 1 aromatic carbocycles. The maximum Gasteiger partial charge on any atom is 0.0506 e. The van der Waals surface area contributed by atoms with Crippen molar-refractivity contribution < 1.29 is 4.74 Å². The Bertz CT molecular complexity index is 303. The van der Waals surface area contributed by atoms with Crippen molar-refractivity contribution in [1.82, 2.24) is 5.32 Å². The summed E-state index contributed by atoms with van der Waals surface area (Å²) in [6, 6.07) is 10.5. The molecule has 0 atom stereocenters. The lowest BCUT2D eigenvalue weighted by Crippen LogP contribution is -2.36. The van der Waals surface area contributed by atoms with E-state index in [-0.39, 0.29) is 5.54 Å². The average Bonchev–Trinajstić information content (AvgIpc) is 2.32. The first-order chi connectivity index (χ1) is 8.58. The van der Waals surface area contributed by atoms with Gasteiger partial charge in [0.05, 0.1) is 6.61 Å². The maximum absolute atomic E-state index is 5.64. The van der Waals surface area contributed by atoms with Gasteiger partial charge >= 0.3 is 0 Å². The minimum absolute atomic E-state index is 0.230. The molecule has 18 heavy (non-hydrogen) atoms. The summed E-state index contributed by atoms with van der Waals surface area (Å²) in [6.45, 7) is 9.37.